The molecule has 0 saturated heterocycles. The van der Waals surface area contributed by atoms with E-state index in [1.165, 1.54) is 29.8 Å². The van der Waals surface area contributed by atoms with Gasteiger partial charge >= 0.3 is 0 Å². The van der Waals surface area contributed by atoms with Crippen LogP contribution in [0.25, 0.3) is 0 Å². The van der Waals surface area contributed by atoms with E-state index in [0.717, 1.165) is 32.4 Å². The summed E-state index contributed by atoms with van der Waals surface area (Å²) in [6.07, 6.45) is 5.77. The molecule has 2 unspecified atom stereocenters. The lowest BCUT2D eigenvalue weighted by Gasteiger charge is -2.19. The van der Waals surface area contributed by atoms with Gasteiger partial charge < -0.3 is 5.32 Å². The molecule has 3 nitrogen and oxygen atoms in total. The predicted molar refractivity (Wildman–Crippen MR) is 91.8 cm³/mol. The molecule has 21 heavy (non-hydrogen) atoms. The van der Waals surface area contributed by atoms with E-state index >= 15 is 0 Å². The smallest absolute Gasteiger partial charge is 0.0672 e. The largest absolute Gasteiger partial charge is 0.310 e. The van der Waals surface area contributed by atoms with Crippen LogP contribution < -0.4 is 5.32 Å². The highest BCUT2D eigenvalue weighted by Crippen LogP contribution is 2.27. The molecule has 3 heteroatoms. The molecule has 0 saturated carbocycles. The lowest BCUT2D eigenvalue weighted by molar-refractivity contribution is 0.409. The van der Waals surface area contributed by atoms with E-state index in [-0.39, 0.29) is 0 Å². The fourth-order valence-electron chi connectivity index (χ4n) is 3.33. The fraction of sp³-hybridized carbons (Fsp3) is 0.833. The quantitative estimate of drug-likeness (QED) is 0.688. The van der Waals surface area contributed by atoms with Gasteiger partial charge in [0.15, 0.2) is 0 Å². The molecule has 0 bridgehead atoms. The maximum Gasteiger partial charge on any atom is 0.0672 e. The van der Waals surface area contributed by atoms with Gasteiger partial charge in [0, 0.05) is 23.8 Å². The number of nitrogens with zero attached hydrogens (tertiary/aromatic N) is 2. The summed E-state index contributed by atoms with van der Waals surface area (Å²) in [6, 6.07) is 0.454. The van der Waals surface area contributed by atoms with Crippen LogP contribution in [0.3, 0.4) is 0 Å². The van der Waals surface area contributed by atoms with Crippen molar-refractivity contribution >= 4 is 0 Å². The van der Waals surface area contributed by atoms with Crippen LogP contribution in [0.2, 0.25) is 0 Å². The van der Waals surface area contributed by atoms with Gasteiger partial charge in [-0.1, -0.05) is 48.0 Å². The first-order valence-corrected chi connectivity index (χ1v) is 8.94. The Kier molecular flexibility index (Phi) is 8.02. The highest BCUT2D eigenvalue weighted by Gasteiger charge is 2.22. The molecule has 2 atom stereocenters. The molecule has 1 aromatic heterocycles. The fourth-order valence-corrected chi connectivity index (χ4v) is 3.33. The average molecular weight is 293 g/mol. The Labute approximate surface area is 131 Å². The Morgan fingerprint density at radius 1 is 1.10 bits per heavy atom. The van der Waals surface area contributed by atoms with E-state index in [4.69, 9.17) is 5.10 Å². The molecule has 0 amide bonds. The van der Waals surface area contributed by atoms with E-state index in [0.29, 0.717) is 12.0 Å². The third-order valence-corrected chi connectivity index (χ3v) is 4.32. The first-order chi connectivity index (χ1) is 10.1. The number of nitrogens with one attached hydrogen (secondary N) is 1. The monoisotopic (exact) mass is 293 g/mol. The maximum absolute atomic E-state index is 4.95. The summed E-state index contributed by atoms with van der Waals surface area (Å²) >= 11 is 0. The van der Waals surface area contributed by atoms with Crippen LogP contribution in [0.4, 0.5) is 0 Å². The molecule has 1 N–H and O–H groups in total. The number of aromatic nitrogens is 2. The number of hydrogen-bond donors (Lipinski definition) is 1. The second-order valence-electron chi connectivity index (χ2n) is 6.11. The Bertz CT molecular complexity index is 409. The summed E-state index contributed by atoms with van der Waals surface area (Å²) in [7, 11) is 0. The molecule has 1 aromatic rings. The molecule has 0 aliphatic carbocycles. The first-order valence-electron chi connectivity index (χ1n) is 8.94. The summed E-state index contributed by atoms with van der Waals surface area (Å²) in [5, 5.41) is 8.59. The lowest BCUT2D eigenvalue weighted by atomic mass is 9.98. The van der Waals surface area contributed by atoms with Crippen LogP contribution in [0, 0.1) is 5.92 Å². The van der Waals surface area contributed by atoms with Crippen LogP contribution in [0.1, 0.15) is 83.8 Å². The van der Waals surface area contributed by atoms with Crippen molar-refractivity contribution in [3.63, 3.8) is 0 Å². The molecular weight excluding hydrogens is 258 g/mol. The second-order valence-corrected chi connectivity index (χ2v) is 6.11. The van der Waals surface area contributed by atoms with E-state index in [1.54, 1.807) is 0 Å². The van der Waals surface area contributed by atoms with Crippen LogP contribution in [0.5, 0.6) is 0 Å². The van der Waals surface area contributed by atoms with Crippen molar-refractivity contribution in [2.75, 3.05) is 6.54 Å². The van der Waals surface area contributed by atoms with E-state index < -0.39 is 0 Å². The van der Waals surface area contributed by atoms with Gasteiger partial charge in [-0.2, -0.15) is 5.10 Å². The third-order valence-electron chi connectivity index (χ3n) is 4.32. The molecule has 0 spiro atoms. The highest BCUT2D eigenvalue weighted by molar-refractivity contribution is 5.30. The van der Waals surface area contributed by atoms with Gasteiger partial charge in [0.1, 0.15) is 0 Å². The molecule has 0 fully saturated rings. The van der Waals surface area contributed by atoms with Crippen molar-refractivity contribution in [3.8, 4) is 0 Å². The number of hydrogen-bond acceptors (Lipinski definition) is 2. The molecule has 0 aliphatic heterocycles. The molecule has 0 aliphatic rings. The molecule has 122 valence electrons. The number of rotatable bonds is 10. The van der Waals surface area contributed by atoms with Gasteiger partial charge in [0.25, 0.3) is 0 Å². The zero-order chi connectivity index (χ0) is 15.8. The van der Waals surface area contributed by atoms with Crippen molar-refractivity contribution in [1.29, 1.82) is 0 Å². The Balaban J connectivity index is 3.13. The van der Waals surface area contributed by atoms with Gasteiger partial charge in [0.2, 0.25) is 0 Å². The van der Waals surface area contributed by atoms with E-state index in [9.17, 15) is 0 Å². The Morgan fingerprint density at radius 2 is 1.81 bits per heavy atom. The SMILES string of the molecule is CCCC(C)Cn1nc(CC)c(C(CC)NCC)c1CC. The van der Waals surface area contributed by atoms with Crippen LogP contribution in [-0.4, -0.2) is 16.3 Å². The van der Waals surface area contributed by atoms with Crippen molar-refractivity contribution in [2.24, 2.45) is 5.92 Å². The van der Waals surface area contributed by atoms with Gasteiger partial charge in [-0.25, -0.2) is 0 Å². The zero-order valence-corrected chi connectivity index (χ0v) is 15.0. The molecule has 0 radical (unpaired) electrons. The topological polar surface area (TPSA) is 29.9 Å². The number of aryl methyl sites for hydroxylation is 1. The first kappa shape index (κ1) is 18.2. The highest BCUT2D eigenvalue weighted by atomic mass is 15.3. The summed E-state index contributed by atoms with van der Waals surface area (Å²) in [6.45, 7) is 15.6. The Hall–Kier alpha value is -0.830. The van der Waals surface area contributed by atoms with Gasteiger partial charge in [0.05, 0.1) is 5.69 Å². The van der Waals surface area contributed by atoms with Crippen LogP contribution in [-0.2, 0) is 19.4 Å². The molecular formula is C18H35N3. The Morgan fingerprint density at radius 3 is 2.29 bits per heavy atom. The summed E-state index contributed by atoms with van der Waals surface area (Å²) in [5.41, 5.74) is 4.22. The van der Waals surface area contributed by atoms with Crippen LogP contribution >= 0.6 is 0 Å². The minimum Gasteiger partial charge on any atom is -0.310 e. The normalized spacial score (nSPS) is 14.4. The standard InChI is InChI=1S/C18H35N3/c1-7-12-14(6)13-21-17(10-4)18(16(9-3)20-21)15(8-2)19-11-5/h14-15,19H,7-13H2,1-6H3. The van der Waals surface area contributed by atoms with Crippen molar-refractivity contribution < 1.29 is 0 Å². The zero-order valence-electron chi connectivity index (χ0n) is 15.0. The summed E-state index contributed by atoms with van der Waals surface area (Å²) in [4.78, 5) is 0. The second kappa shape index (κ2) is 9.24. The third kappa shape index (κ3) is 4.57. The maximum atomic E-state index is 4.95. The van der Waals surface area contributed by atoms with Crippen molar-refractivity contribution in [3.05, 3.63) is 17.0 Å². The van der Waals surface area contributed by atoms with Crippen LogP contribution in [0.15, 0.2) is 0 Å². The van der Waals surface area contributed by atoms with E-state index in [1.807, 2.05) is 0 Å². The van der Waals surface area contributed by atoms with Crippen molar-refractivity contribution in [2.45, 2.75) is 86.2 Å². The minimum atomic E-state index is 0.454. The predicted octanol–water partition coefficient (Wildman–Crippen LogP) is 4.50. The molecule has 1 heterocycles. The minimum absolute atomic E-state index is 0.454. The lowest BCUT2D eigenvalue weighted by Crippen LogP contribution is -2.22. The van der Waals surface area contributed by atoms with Crippen molar-refractivity contribution in [1.82, 2.24) is 15.1 Å². The summed E-state index contributed by atoms with van der Waals surface area (Å²) < 4.78 is 2.30. The van der Waals surface area contributed by atoms with Gasteiger partial charge in [-0.15, -0.1) is 0 Å². The van der Waals surface area contributed by atoms with E-state index in [2.05, 4.69) is 51.5 Å². The van der Waals surface area contributed by atoms with Gasteiger partial charge in [-0.05, 0) is 38.1 Å². The van der Waals surface area contributed by atoms with Gasteiger partial charge in [-0.3, -0.25) is 4.68 Å². The summed E-state index contributed by atoms with van der Waals surface area (Å²) in [5.74, 6) is 0.706. The molecule has 0 aromatic carbocycles. The molecule has 1 rings (SSSR count). The average Bonchev–Trinajstić information content (AvgIpc) is 2.82.